The third kappa shape index (κ3) is 3.33. The predicted molar refractivity (Wildman–Crippen MR) is 68.9 cm³/mol. The lowest BCUT2D eigenvalue weighted by Crippen LogP contribution is -2.08. The van der Waals surface area contributed by atoms with Crippen LogP contribution in [0.4, 0.5) is 18.9 Å². The summed E-state index contributed by atoms with van der Waals surface area (Å²) in [5.74, 6) is -0.594. The number of carbonyl (C=O) groups excluding carboxylic acids is 1. The van der Waals surface area contributed by atoms with Gasteiger partial charge in [0.1, 0.15) is 0 Å². The van der Waals surface area contributed by atoms with Gasteiger partial charge in [0.25, 0.3) is 0 Å². The van der Waals surface area contributed by atoms with Gasteiger partial charge in [0, 0.05) is 11.9 Å². The number of esters is 1. The molecule has 0 aliphatic heterocycles. The Hall–Kier alpha value is -2.51. The zero-order chi connectivity index (χ0) is 15.6. The zero-order valence-corrected chi connectivity index (χ0v) is 11.0. The van der Waals surface area contributed by atoms with Crippen LogP contribution < -0.4 is 5.73 Å². The van der Waals surface area contributed by atoms with Crippen molar-refractivity contribution in [2.75, 3.05) is 12.3 Å². The minimum Gasteiger partial charge on any atom is -0.462 e. The number of alkyl halides is 3. The molecule has 0 aliphatic carbocycles. The van der Waals surface area contributed by atoms with Gasteiger partial charge < -0.3 is 10.5 Å². The average Bonchev–Trinajstić information content (AvgIpc) is 2.87. The zero-order valence-electron chi connectivity index (χ0n) is 11.0. The first-order valence-electron chi connectivity index (χ1n) is 6.01. The van der Waals surface area contributed by atoms with Crippen LogP contribution in [0.3, 0.4) is 0 Å². The van der Waals surface area contributed by atoms with E-state index in [2.05, 4.69) is 5.10 Å². The van der Waals surface area contributed by atoms with Crippen molar-refractivity contribution in [2.24, 2.45) is 0 Å². The SMILES string of the molecule is CCOC(=O)c1cnn(-c2cc(N)cc(C(F)(F)F)c2)c1. The number of hydrogen-bond donors (Lipinski definition) is 1. The summed E-state index contributed by atoms with van der Waals surface area (Å²) >= 11 is 0. The number of hydrogen-bond acceptors (Lipinski definition) is 4. The molecule has 2 rings (SSSR count). The van der Waals surface area contributed by atoms with Gasteiger partial charge in [-0.1, -0.05) is 0 Å². The lowest BCUT2D eigenvalue weighted by Gasteiger charge is -2.10. The highest BCUT2D eigenvalue weighted by molar-refractivity contribution is 5.88. The van der Waals surface area contributed by atoms with E-state index in [1.807, 2.05) is 0 Å². The maximum Gasteiger partial charge on any atom is 0.416 e. The number of nitrogens with zero attached hydrogens (tertiary/aromatic N) is 2. The number of ether oxygens (including phenoxy) is 1. The summed E-state index contributed by atoms with van der Waals surface area (Å²) in [6, 6.07) is 3.06. The molecule has 0 radical (unpaired) electrons. The topological polar surface area (TPSA) is 70.1 Å². The summed E-state index contributed by atoms with van der Waals surface area (Å²) in [5, 5.41) is 3.85. The quantitative estimate of drug-likeness (QED) is 0.698. The summed E-state index contributed by atoms with van der Waals surface area (Å²) in [6.07, 6.45) is -2.01. The van der Waals surface area contributed by atoms with Gasteiger partial charge in [-0.15, -0.1) is 0 Å². The largest absolute Gasteiger partial charge is 0.462 e. The molecule has 21 heavy (non-hydrogen) atoms. The lowest BCUT2D eigenvalue weighted by molar-refractivity contribution is -0.137. The van der Waals surface area contributed by atoms with Gasteiger partial charge in [-0.3, -0.25) is 0 Å². The first kappa shape index (κ1) is 14.9. The van der Waals surface area contributed by atoms with E-state index < -0.39 is 17.7 Å². The van der Waals surface area contributed by atoms with Gasteiger partial charge in [0.15, 0.2) is 0 Å². The fourth-order valence-corrected chi connectivity index (χ4v) is 1.71. The van der Waals surface area contributed by atoms with Gasteiger partial charge in [0.2, 0.25) is 0 Å². The summed E-state index contributed by atoms with van der Waals surface area (Å²) in [7, 11) is 0. The third-order valence-corrected chi connectivity index (χ3v) is 2.63. The molecule has 8 heteroatoms. The van der Waals surface area contributed by atoms with Crippen molar-refractivity contribution in [3.8, 4) is 5.69 Å². The van der Waals surface area contributed by atoms with Crippen LogP contribution in [0.2, 0.25) is 0 Å². The van der Waals surface area contributed by atoms with Crippen molar-refractivity contribution >= 4 is 11.7 Å². The number of nitrogen functional groups attached to an aromatic ring is 1. The smallest absolute Gasteiger partial charge is 0.416 e. The second-order valence-corrected chi connectivity index (χ2v) is 4.21. The summed E-state index contributed by atoms with van der Waals surface area (Å²) in [5.41, 5.74) is 4.80. The van der Waals surface area contributed by atoms with Crippen molar-refractivity contribution in [3.05, 3.63) is 41.7 Å². The standard InChI is InChI=1S/C13H12F3N3O2/c1-2-21-12(20)8-6-18-19(7-8)11-4-9(13(14,15)16)3-10(17)5-11/h3-7H,2,17H2,1H3. The monoisotopic (exact) mass is 299 g/mol. The van der Waals surface area contributed by atoms with Crippen LogP contribution in [0.1, 0.15) is 22.8 Å². The number of nitrogens with two attached hydrogens (primary N) is 1. The molecular formula is C13H12F3N3O2. The second kappa shape index (κ2) is 5.47. The van der Waals surface area contributed by atoms with Crippen LogP contribution in [-0.2, 0) is 10.9 Å². The number of carbonyl (C=O) groups is 1. The van der Waals surface area contributed by atoms with Crippen molar-refractivity contribution in [1.29, 1.82) is 0 Å². The van der Waals surface area contributed by atoms with Crippen molar-refractivity contribution < 1.29 is 22.7 Å². The molecule has 0 saturated heterocycles. The maximum absolute atomic E-state index is 12.7. The van der Waals surface area contributed by atoms with Gasteiger partial charge in [-0.2, -0.15) is 18.3 Å². The molecule has 112 valence electrons. The van der Waals surface area contributed by atoms with Crippen LogP contribution in [-0.4, -0.2) is 22.4 Å². The molecule has 0 aliphatic rings. The fourth-order valence-electron chi connectivity index (χ4n) is 1.71. The Morgan fingerprint density at radius 2 is 2.10 bits per heavy atom. The number of aromatic nitrogens is 2. The molecule has 1 heterocycles. The Bertz CT molecular complexity index is 665. The highest BCUT2D eigenvalue weighted by atomic mass is 19.4. The second-order valence-electron chi connectivity index (χ2n) is 4.21. The molecule has 0 fully saturated rings. The van der Waals surface area contributed by atoms with Crippen molar-refractivity contribution in [1.82, 2.24) is 9.78 Å². The van der Waals surface area contributed by atoms with Gasteiger partial charge in [-0.05, 0) is 25.1 Å². The molecule has 0 saturated carbocycles. The molecule has 0 bridgehead atoms. The minimum atomic E-state index is -4.51. The van der Waals surface area contributed by atoms with Crippen LogP contribution in [0.25, 0.3) is 5.69 Å². The predicted octanol–water partition coefficient (Wildman–Crippen LogP) is 2.65. The van der Waals surface area contributed by atoms with Gasteiger partial charge in [-0.25, -0.2) is 9.48 Å². The number of anilines is 1. The highest BCUT2D eigenvalue weighted by Gasteiger charge is 2.31. The molecule has 0 atom stereocenters. The number of rotatable bonds is 3. The molecule has 0 spiro atoms. The Labute approximate surface area is 118 Å². The minimum absolute atomic E-state index is 0.0481. The fraction of sp³-hybridized carbons (Fsp3) is 0.231. The lowest BCUT2D eigenvalue weighted by atomic mass is 10.1. The van der Waals surface area contributed by atoms with Crippen LogP contribution in [0.15, 0.2) is 30.6 Å². The Morgan fingerprint density at radius 3 is 2.71 bits per heavy atom. The molecule has 1 aromatic carbocycles. The summed E-state index contributed by atoms with van der Waals surface area (Å²) in [4.78, 5) is 11.5. The Balaban J connectivity index is 2.39. The third-order valence-electron chi connectivity index (χ3n) is 2.63. The van der Waals surface area contributed by atoms with E-state index in [1.54, 1.807) is 6.92 Å². The van der Waals surface area contributed by atoms with Crippen LogP contribution in [0.5, 0.6) is 0 Å². The average molecular weight is 299 g/mol. The maximum atomic E-state index is 12.7. The first-order valence-corrected chi connectivity index (χ1v) is 6.01. The summed E-state index contributed by atoms with van der Waals surface area (Å²) < 4.78 is 44.1. The van der Waals surface area contributed by atoms with E-state index >= 15 is 0 Å². The van der Waals surface area contributed by atoms with Crippen molar-refractivity contribution in [3.63, 3.8) is 0 Å². The van der Waals surface area contributed by atoms with E-state index in [9.17, 15) is 18.0 Å². The van der Waals surface area contributed by atoms with E-state index in [0.717, 1.165) is 16.8 Å². The van der Waals surface area contributed by atoms with Gasteiger partial charge >= 0.3 is 12.1 Å². The molecular weight excluding hydrogens is 287 g/mol. The van der Waals surface area contributed by atoms with E-state index in [-0.39, 0.29) is 23.5 Å². The number of benzene rings is 1. The van der Waals surface area contributed by atoms with Crippen molar-refractivity contribution in [2.45, 2.75) is 13.1 Å². The Morgan fingerprint density at radius 1 is 1.38 bits per heavy atom. The van der Waals surface area contributed by atoms with E-state index in [0.29, 0.717) is 0 Å². The molecule has 0 unspecified atom stereocenters. The number of halogens is 3. The first-order chi connectivity index (χ1) is 9.81. The molecule has 2 N–H and O–H groups in total. The Kier molecular flexibility index (Phi) is 3.88. The van der Waals surface area contributed by atoms with E-state index in [1.165, 1.54) is 18.5 Å². The van der Waals surface area contributed by atoms with Gasteiger partial charge in [0.05, 0.1) is 29.6 Å². The molecule has 1 aromatic heterocycles. The normalized spacial score (nSPS) is 11.4. The van der Waals surface area contributed by atoms with E-state index in [4.69, 9.17) is 10.5 Å². The highest BCUT2D eigenvalue weighted by Crippen LogP contribution is 2.32. The molecule has 2 aromatic rings. The van der Waals surface area contributed by atoms with Crippen LogP contribution >= 0.6 is 0 Å². The van der Waals surface area contributed by atoms with Crippen LogP contribution in [0, 0.1) is 0 Å². The summed E-state index contributed by atoms with van der Waals surface area (Å²) in [6.45, 7) is 1.84. The molecule has 0 amide bonds. The molecule has 5 nitrogen and oxygen atoms in total.